The Morgan fingerprint density at radius 2 is 2.00 bits per heavy atom. The topological polar surface area (TPSA) is 37.4 Å². The van der Waals surface area contributed by atoms with Crippen molar-refractivity contribution >= 4 is 11.8 Å². The minimum absolute atomic E-state index is 0.0333. The third kappa shape index (κ3) is 2.66. The molecule has 0 bridgehead atoms. The fourth-order valence-electron chi connectivity index (χ4n) is 2.11. The maximum Gasteiger partial charge on any atom is 0.419 e. The third-order valence-corrected chi connectivity index (χ3v) is 3.08. The molecule has 7 heteroatoms. The van der Waals surface area contributed by atoms with E-state index < -0.39 is 29.4 Å². The van der Waals surface area contributed by atoms with Crippen LogP contribution in [0.2, 0.25) is 0 Å². The lowest BCUT2D eigenvalue weighted by molar-refractivity contribution is -0.140. The number of amides is 2. The van der Waals surface area contributed by atoms with Gasteiger partial charge in [0.05, 0.1) is 5.56 Å². The summed E-state index contributed by atoms with van der Waals surface area (Å²) in [7, 11) is 0. The number of alkyl halides is 3. The number of halogens is 4. The summed E-state index contributed by atoms with van der Waals surface area (Å²) in [6.07, 6.45) is -4.71. The van der Waals surface area contributed by atoms with E-state index in [1.807, 2.05) is 0 Å². The van der Waals surface area contributed by atoms with Crippen molar-refractivity contribution in [3.05, 3.63) is 35.1 Å². The van der Waals surface area contributed by atoms with E-state index in [9.17, 15) is 27.2 Å². The minimum atomic E-state index is -4.89. The van der Waals surface area contributed by atoms with E-state index in [0.717, 1.165) is 11.0 Å². The number of hydrogen-bond acceptors (Lipinski definition) is 2. The zero-order valence-corrected chi connectivity index (χ0v) is 10.5. The Hall–Kier alpha value is -1.92. The van der Waals surface area contributed by atoms with Gasteiger partial charge in [0.1, 0.15) is 5.82 Å². The van der Waals surface area contributed by atoms with Crippen molar-refractivity contribution in [3.63, 3.8) is 0 Å². The molecule has 0 spiro atoms. The predicted molar refractivity (Wildman–Crippen MR) is 61.2 cm³/mol. The Morgan fingerprint density at radius 3 is 2.50 bits per heavy atom. The Labute approximate surface area is 112 Å². The maximum absolute atomic E-state index is 13.1. The molecule has 1 atom stereocenters. The molecule has 1 aliphatic heterocycles. The number of carbonyl (C=O) groups is 2. The van der Waals surface area contributed by atoms with Crippen molar-refractivity contribution in [1.82, 2.24) is 4.90 Å². The van der Waals surface area contributed by atoms with Crippen molar-refractivity contribution in [1.29, 1.82) is 0 Å². The number of imide groups is 1. The molecule has 20 heavy (non-hydrogen) atoms. The molecule has 1 heterocycles. The van der Waals surface area contributed by atoms with Gasteiger partial charge in [-0.05, 0) is 24.1 Å². The largest absolute Gasteiger partial charge is 0.419 e. The monoisotopic (exact) mass is 289 g/mol. The molecular formula is C13H11F4NO2. The summed E-state index contributed by atoms with van der Waals surface area (Å²) in [5.74, 6) is -2.74. The van der Waals surface area contributed by atoms with Crippen LogP contribution in [0, 0.1) is 11.7 Å². The molecule has 0 aromatic heterocycles. The molecular weight excluding hydrogens is 278 g/mol. The molecule has 1 fully saturated rings. The number of hydrogen-bond donors (Lipinski definition) is 0. The van der Waals surface area contributed by atoms with Gasteiger partial charge in [0.15, 0.2) is 0 Å². The molecule has 2 rings (SSSR count). The van der Waals surface area contributed by atoms with Crippen LogP contribution in [-0.4, -0.2) is 23.3 Å². The smallest absolute Gasteiger partial charge is 0.278 e. The van der Waals surface area contributed by atoms with Crippen molar-refractivity contribution in [2.45, 2.75) is 19.5 Å². The minimum Gasteiger partial charge on any atom is -0.278 e. The van der Waals surface area contributed by atoms with Gasteiger partial charge < -0.3 is 0 Å². The second-order valence-corrected chi connectivity index (χ2v) is 4.81. The summed E-state index contributed by atoms with van der Waals surface area (Å²) < 4.78 is 50.9. The quantitative estimate of drug-likeness (QED) is 0.589. The van der Waals surface area contributed by atoms with Crippen LogP contribution in [0.1, 0.15) is 29.3 Å². The SMILES string of the molecule is CC1CC(=O)N(C(=O)c2ccc(F)c(C(F)(F)F)c2)C1. The van der Waals surface area contributed by atoms with Gasteiger partial charge in [0, 0.05) is 18.5 Å². The number of benzene rings is 1. The Morgan fingerprint density at radius 1 is 1.35 bits per heavy atom. The molecule has 1 aromatic rings. The van der Waals surface area contributed by atoms with Crippen molar-refractivity contribution in [2.75, 3.05) is 6.54 Å². The summed E-state index contributed by atoms with van der Waals surface area (Å²) >= 11 is 0. The van der Waals surface area contributed by atoms with Crippen LogP contribution < -0.4 is 0 Å². The fourth-order valence-corrected chi connectivity index (χ4v) is 2.11. The van der Waals surface area contributed by atoms with Crippen molar-refractivity contribution in [3.8, 4) is 0 Å². The second-order valence-electron chi connectivity index (χ2n) is 4.81. The van der Waals surface area contributed by atoms with Crippen LogP contribution in [0.25, 0.3) is 0 Å². The van der Waals surface area contributed by atoms with Crippen LogP contribution in [0.4, 0.5) is 17.6 Å². The lowest BCUT2D eigenvalue weighted by atomic mass is 10.1. The Bertz CT molecular complexity index is 568. The van der Waals surface area contributed by atoms with Crippen molar-refractivity contribution < 1.29 is 27.2 Å². The fraction of sp³-hybridized carbons (Fsp3) is 0.385. The lowest BCUT2D eigenvalue weighted by Crippen LogP contribution is -2.32. The van der Waals surface area contributed by atoms with Crippen molar-refractivity contribution in [2.24, 2.45) is 5.92 Å². The molecule has 1 aliphatic rings. The summed E-state index contributed by atoms with van der Waals surface area (Å²) in [4.78, 5) is 24.5. The van der Waals surface area contributed by atoms with Gasteiger partial charge in [-0.1, -0.05) is 6.92 Å². The first-order chi connectivity index (χ1) is 9.20. The molecule has 0 aliphatic carbocycles. The Kier molecular flexibility index (Phi) is 3.54. The molecule has 1 aromatic carbocycles. The van der Waals surface area contributed by atoms with Gasteiger partial charge in [0.2, 0.25) is 5.91 Å². The van der Waals surface area contributed by atoms with Gasteiger partial charge in [0.25, 0.3) is 5.91 Å². The first-order valence-electron chi connectivity index (χ1n) is 5.91. The molecule has 2 amide bonds. The average molecular weight is 289 g/mol. The van der Waals surface area contributed by atoms with Gasteiger partial charge in [-0.25, -0.2) is 4.39 Å². The van der Waals surface area contributed by atoms with E-state index in [1.54, 1.807) is 6.92 Å². The molecule has 108 valence electrons. The first-order valence-corrected chi connectivity index (χ1v) is 5.91. The maximum atomic E-state index is 13.1. The molecule has 1 saturated heterocycles. The van der Waals surface area contributed by atoms with Gasteiger partial charge >= 0.3 is 6.18 Å². The van der Waals surface area contributed by atoms with E-state index in [1.165, 1.54) is 0 Å². The summed E-state index contributed by atoms with van der Waals surface area (Å²) in [6.45, 7) is 1.92. The van der Waals surface area contributed by atoms with E-state index in [0.29, 0.717) is 12.1 Å². The van der Waals surface area contributed by atoms with Crippen LogP contribution in [0.5, 0.6) is 0 Å². The van der Waals surface area contributed by atoms with Gasteiger partial charge in [-0.3, -0.25) is 14.5 Å². The number of likely N-dealkylation sites (tertiary alicyclic amines) is 1. The molecule has 1 unspecified atom stereocenters. The second kappa shape index (κ2) is 4.88. The van der Waals surface area contributed by atoms with Crippen LogP contribution in [0.15, 0.2) is 18.2 Å². The van der Waals surface area contributed by atoms with Crippen LogP contribution in [0.3, 0.4) is 0 Å². The predicted octanol–water partition coefficient (Wildman–Crippen LogP) is 2.85. The zero-order chi connectivity index (χ0) is 15.1. The number of rotatable bonds is 1. The average Bonchev–Trinajstić information content (AvgIpc) is 2.66. The summed E-state index contributed by atoms with van der Waals surface area (Å²) in [6, 6.07) is 1.97. The highest BCUT2D eigenvalue weighted by atomic mass is 19.4. The molecule has 0 saturated carbocycles. The molecule has 0 N–H and O–H groups in total. The third-order valence-electron chi connectivity index (χ3n) is 3.08. The zero-order valence-electron chi connectivity index (χ0n) is 10.5. The summed E-state index contributed by atoms with van der Waals surface area (Å²) in [5, 5.41) is 0. The normalized spacial score (nSPS) is 19.6. The van der Waals surface area contributed by atoms with E-state index >= 15 is 0 Å². The highest BCUT2D eigenvalue weighted by molar-refractivity contribution is 6.05. The van der Waals surface area contributed by atoms with Crippen LogP contribution >= 0.6 is 0 Å². The molecule has 3 nitrogen and oxygen atoms in total. The summed E-state index contributed by atoms with van der Waals surface area (Å²) in [5.41, 5.74) is -1.86. The van der Waals surface area contributed by atoms with E-state index in [-0.39, 0.29) is 24.4 Å². The van der Waals surface area contributed by atoms with E-state index in [4.69, 9.17) is 0 Å². The first kappa shape index (κ1) is 14.5. The van der Waals surface area contributed by atoms with Gasteiger partial charge in [-0.15, -0.1) is 0 Å². The Balaban J connectivity index is 2.34. The lowest BCUT2D eigenvalue weighted by Gasteiger charge is -2.15. The standard InChI is InChI=1S/C13H11F4NO2/c1-7-4-11(19)18(6-7)12(20)8-2-3-10(14)9(5-8)13(15,16)17/h2-3,5,7H,4,6H2,1H3. The highest BCUT2D eigenvalue weighted by Gasteiger charge is 2.36. The number of nitrogens with zero attached hydrogens (tertiary/aromatic N) is 1. The van der Waals surface area contributed by atoms with Crippen LogP contribution in [-0.2, 0) is 11.0 Å². The molecule has 0 radical (unpaired) electrons. The van der Waals surface area contributed by atoms with E-state index in [2.05, 4.69) is 0 Å². The number of carbonyl (C=O) groups excluding carboxylic acids is 2. The highest BCUT2D eigenvalue weighted by Crippen LogP contribution is 2.32. The van der Waals surface area contributed by atoms with Gasteiger partial charge in [-0.2, -0.15) is 13.2 Å².